The molecule has 22 heavy (non-hydrogen) atoms. The molecule has 0 aliphatic rings. The first-order chi connectivity index (χ1) is 10.7. The Morgan fingerprint density at radius 3 is 2.95 bits per heavy atom. The van der Waals surface area contributed by atoms with Gasteiger partial charge >= 0.3 is 0 Å². The van der Waals surface area contributed by atoms with E-state index in [0.717, 1.165) is 29.3 Å². The molecule has 0 saturated heterocycles. The van der Waals surface area contributed by atoms with Crippen LogP contribution in [0.4, 0.5) is 5.82 Å². The molecule has 3 aromatic heterocycles. The van der Waals surface area contributed by atoms with E-state index in [1.807, 2.05) is 19.1 Å². The standard InChI is InChI=1S/C14H19N7O/c1-9(4-11-5-10(2)19-20-11)17-13-6-12(7-22-3)18-14-15-8-16-21(13)14/h5-6,8-9,17H,4,7H2,1-3H3,(H,19,20). The third kappa shape index (κ3) is 3.06. The summed E-state index contributed by atoms with van der Waals surface area (Å²) in [4.78, 5) is 8.53. The van der Waals surface area contributed by atoms with Gasteiger partial charge in [-0.25, -0.2) is 4.98 Å². The molecule has 3 rings (SSSR count). The predicted octanol–water partition coefficient (Wildman–Crippen LogP) is 1.35. The fraction of sp³-hybridized carbons (Fsp3) is 0.429. The molecular weight excluding hydrogens is 282 g/mol. The van der Waals surface area contributed by atoms with Crippen molar-refractivity contribution in [3.05, 3.63) is 35.5 Å². The van der Waals surface area contributed by atoms with Crippen LogP contribution in [0.1, 0.15) is 24.0 Å². The molecule has 2 N–H and O–H groups in total. The summed E-state index contributed by atoms with van der Waals surface area (Å²) >= 11 is 0. The molecule has 8 nitrogen and oxygen atoms in total. The summed E-state index contributed by atoms with van der Waals surface area (Å²) in [6.45, 7) is 4.53. The second-order valence-corrected chi connectivity index (χ2v) is 5.33. The van der Waals surface area contributed by atoms with Crippen LogP contribution >= 0.6 is 0 Å². The minimum atomic E-state index is 0.188. The summed E-state index contributed by atoms with van der Waals surface area (Å²) in [5, 5.41) is 14.9. The van der Waals surface area contributed by atoms with E-state index in [2.05, 4.69) is 37.5 Å². The van der Waals surface area contributed by atoms with Crippen molar-refractivity contribution in [2.75, 3.05) is 12.4 Å². The first-order valence-corrected chi connectivity index (χ1v) is 7.11. The number of methoxy groups -OCH3 is 1. The third-order valence-electron chi connectivity index (χ3n) is 3.27. The first-order valence-electron chi connectivity index (χ1n) is 7.11. The van der Waals surface area contributed by atoms with Crippen LogP contribution in [0, 0.1) is 6.92 Å². The minimum Gasteiger partial charge on any atom is -0.378 e. The van der Waals surface area contributed by atoms with E-state index in [1.165, 1.54) is 6.33 Å². The molecule has 116 valence electrons. The van der Waals surface area contributed by atoms with Gasteiger partial charge in [0.25, 0.3) is 5.78 Å². The molecule has 0 saturated carbocycles. The number of hydrogen-bond acceptors (Lipinski definition) is 6. The summed E-state index contributed by atoms with van der Waals surface area (Å²) in [6, 6.07) is 4.16. The van der Waals surface area contributed by atoms with Crippen molar-refractivity contribution in [2.24, 2.45) is 0 Å². The summed E-state index contributed by atoms with van der Waals surface area (Å²) < 4.78 is 6.84. The number of aromatic nitrogens is 6. The van der Waals surface area contributed by atoms with Gasteiger partial charge in [-0.05, 0) is 19.9 Å². The van der Waals surface area contributed by atoms with Crippen molar-refractivity contribution in [1.82, 2.24) is 29.8 Å². The van der Waals surface area contributed by atoms with Gasteiger partial charge < -0.3 is 10.1 Å². The molecule has 0 spiro atoms. The molecule has 0 fully saturated rings. The number of nitrogens with one attached hydrogen (secondary N) is 2. The second kappa shape index (κ2) is 6.10. The fourth-order valence-electron chi connectivity index (χ4n) is 2.38. The summed E-state index contributed by atoms with van der Waals surface area (Å²) in [5.41, 5.74) is 2.90. The lowest BCUT2D eigenvalue weighted by Gasteiger charge is -2.15. The summed E-state index contributed by atoms with van der Waals surface area (Å²) in [7, 11) is 1.64. The van der Waals surface area contributed by atoms with E-state index in [-0.39, 0.29) is 6.04 Å². The Kier molecular flexibility index (Phi) is 4.01. The Labute approximate surface area is 127 Å². The number of H-pyrrole nitrogens is 1. The Morgan fingerprint density at radius 1 is 1.36 bits per heavy atom. The number of aryl methyl sites for hydroxylation is 1. The van der Waals surface area contributed by atoms with Crippen molar-refractivity contribution in [1.29, 1.82) is 0 Å². The number of rotatable bonds is 6. The molecule has 0 bridgehead atoms. The quantitative estimate of drug-likeness (QED) is 0.714. The van der Waals surface area contributed by atoms with Gasteiger partial charge in [-0.3, -0.25) is 5.10 Å². The number of nitrogens with zero attached hydrogens (tertiary/aromatic N) is 5. The number of anilines is 1. The van der Waals surface area contributed by atoms with Crippen LogP contribution in [0.3, 0.4) is 0 Å². The number of ether oxygens (including phenoxy) is 1. The predicted molar refractivity (Wildman–Crippen MR) is 81.6 cm³/mol. The highest BCUT2D eigenvalue weighted by Crippen LogP contribution is 2.14. The molecular formula is C14H19N7O. The van der Waals surface area contributed by atoms with Crippen molar-refractivity contribution in [3.63, 3.8) is 0 Å². The lowest BCUT2D eigenvalue weighted by molar-refractivity contribution is 0.181. The van der Waals surface area contributed by atoms with E-state index in [1.54, 1.807) is 11.6 Å². The lowest BCUT2D eigenvalue weighted by atomic mass is 10.2. The number of aromatic amines is 1. The zero-order valence-electron chi connectivity index (χ0n) is 12.9. The maximum absolute atomic E-state index is 5.15. The average molecular weight is 301 g/mol. The van der Waals surface area contributed by atoms with E-state index in [0.29, 0.717) is 12.4 Å². The minimum absolute atomic E-state index is 0.188. The van der Waals surface area contributed by atoms with Crippen molar-refractivity contribution < 1.29 is 4.74 Å². The van der Waals surface area contributed by atoms with Gasteiger partial charge in [-0.15, -0.1) is 0 Å². The first kappa shape index (κ1) is 14.5. The SMILES string of the molecule is COCc1cc(NC(C)Cc2cc(C)[nH]n2)n2ncnc2n1. The fourth-order valence-corrected chi connectivity index (χ4v) is 2.38. The van der Waals surface area contributed by atoms with Gasteiger partial charge in [-0.2, -0.15) is 19.7 Å². The highest BCUT2D eigenvalue weighted by Gasteiger charge is 2.11. The smallest absolute Gasteiger partial charge is 0.254 e. The van der Waals surface area contributed by atoms with E-state index < -0.39 is 0 Å². The monoisotopic (exact) mass is 301 g/mol. The van der Waals surface area contributed by atoms with Gasteiger partial charge in [0.05, 0.1) is 18.0 Å². The topological polar surface area (TPSA) is 93.0 Å². The second-order valence-electron chi connectivity index (χ2n) is 5.33. The summed E-state index contributed by atoms with van der Waals surface area (Å²) in [6.07, 6.45) is 2.30. The lowest BCUT2D eigenvalue weighted by Crippen LogP contribution is -2.21. The normalized spacial score (nSPS) is 12.7. The van der Waals surface area contributed by atoms with Crippen LogP contribution in [0.5, 0.6) is 0 Å². The molecule has 8 heteroatoms. The van der Waals surface area contributed by atoms with Gasteiger partial charge in [0, 0.05) is 31.3 Å². The number of hydrogen-bond donors (Lipinski definition) is 2. The van der Waals surface area contributed by atoms with Gasteiger partial charge in [0.15, 0.2) is 0 Å². The molecule has 1 unspecified atom stereocenters. The largest absolute Gasteiger partial charge is 0.378 e. The van der Waals surface area contributed by atoms with Gasteiger partial charge in [0.1, 0.15) is 12.1 Å². The highest BCUT2D eigenvalue weighted by atomic mass is 16.5. The van der Waals surface area contributed by atoms with Crippen LogP contribution in [-0.4, -0.2) is 42.9 Å². The summed E-state index contributed by atoms with van der Waals surface area (Å²) in [5.74, 6) is 1.40. The maximum Gasteiger partial charge on any atom is 0.254 e. The Balaban J connectivity index is 1.81. The van der Waals surface area contributed by atoms with Crippen molar-refractivity contribution in [3.8, 4) is 0 Å². The van der Waals surface area contributed by atoms with E-state index in [9.17, 15) is 0 Å². The van der Waals surface area contributed by atoms with Crippen LogP contribution in [-0.2, 0) is 17.8 Å². The Hall–Kier alpha value is -2.48. The highest BCUT2D eigenvalue weighted by molar-refractivity contribution is 5.45. The third-order valence-corrected chi connectivity index (χ3v) is 3.27. The van der Waals surface area contributed by atoms with Crippen LogP contribution in [0.2, 0.25) is 0 Å². The molecule has 0 radical (unpaired) electrons. The maximum atomic E-state index is 5.15. The molecule has 0 amide bonds. The molecule has 0 aliphatic heterocycles. The van der Waals surface area contributed by atoms with E-state index in [4.69, 9.17) is 4.74 Å². The average Bonchev–Trinajstić information content (AvgIpc) is 3.08. The molecule has 3 heterocycles. The number of fused-ring (bicyclic) bond motifs is 1. The molecule has 0 aliphatic carbocycles. The van der Waals surface area contributed by atoms with Crippen LogP contribution in [0.15, 0.2) is 18.5 Å². The molecule has 3 aromatic rings. The zero-order valence-corrected chi connectivity index (χ0v) is 12.9. The Bertz CT molecular complexity index is 763. The van der Waals surface area contributed by atoms with Crippen LogP contribution in [0.25, 0.3) is 5.78 Å². The molecule has 1 atom stereocenters. The van der Waals surface area contributed by atoms with Crippen LogP contribution < -0.4 is 5.32 Å². The van der Waals surface area contributed by atoms with Crippen molar-refractivity contribution in [2.45, 2.75) is 32.9 Å². The van der Waals surface area contributed by atoms with E-state index >= 15 is 0 Å². The van der Waals surface area contributed by atoms with Gasteiger partial charge in [0.2, 0.25) is 0 Å². The Morgan fingerprint density at radius 2 is 2.23 bits per heavy atom. The van der Waals surface area contributed by atoms with Crippen molar-refractivity contribution >= 4 is 11.6 Å². The zero-order chi connectivity index (χ0) is 15.5. The molecule has 0 aromatic carbocycles. The van der Waals surface area contributed by atoms with Gasteiger partial charge in [-0.1, -0.05) is 0 Å².